The number of benzene rings is 1. The molecule has 2 rings (SSSR count). The van der Waals surface area contributed by atoms with Crippen LogP contribution in [0.25, 0.3) is 0 Å². The van der Waals surface area contributed by atoms with E-state index in [1.807, 2.05) is 39.0 Å². The Kier molecular flexibility index (Phi) is 4.93. The van der Waals surface area contributed by atoms with E-state index in [4.69, 9.17) is 0 Å². The fourth-order valence-electron chi connectivity index (χ4n) is 2.14. The molecule has 1 aliphatic heterocycles. The van der Waals surface area contributed by atoms with Gasteiger partial charge in [-0.2, -0.15) is 0 Å². The van der Waals surface area contributed by atoms with E-state index < -0.39 is 0 Å². The van der Waals surface area contributed by atoms with Crippen molar-refractivity contribution in [3.63, 3.8) is 0 Å². The van der Waals surface area contributed by atoms with Crippen molar-refractivity contribution in [1.82, 2.24) is 4.90 Å². The Hall–Kier alpha value is -1.49. The van der Waals surface area contributed by atoms with Crippen LogP contribution in [0.2, 0.25) is 0 Å². The molecule has 2 amide bonds. The van der Waals surface area contributed by atoms with Crippen LogP contribution in [0.4, 0.5) is 10.5 Å². The first-order chi connectivity index (χ1) is 9.88. The summed E-state index contributed by atoms with van der Waals surface area (Å²) in [6, 6.07) is 5.92. The summed E-state index contributed by atoms with van der Waals surface area (Å²) in [5.41, 5.74) is 3.22. The number of anilines is 1. The molecule has 1 atom stereocenters. The van der Waals surface area contributed by atoms with Crippen molar-refractivity contribution >= 4 is 28.6 Å². The molecule has 4 nitrogen and oxygen atoms in total. The number of nitrogens with one attached hydrogen (secondary N) is 1. The first-order valence-corrected chi connectivity index (χ1v) is 8.15. The maximum atomic E-state index is 12.6. The molecule has 0 saturated carbocycles. The normalized spacial score (nSPS) is 17.8. The van der Waals surface area contributed by atoms with Gasteiger partial charge >= 0.3 is 6.03 Å². The zero-order valence-electron chi connectivity index (χ0n) is 13.3. The summed E-state index contributed by atoms with van der Waals surface area (Å²) >= 11 is 1.66. The molecule has 114 valence electrons. The van der Waals surface area contributed by atoms with Gasteiger partial charge in [-0.25, -0.2) is 4.79 Å². The third-order valence-corrected chi connectivity index (χ3v) is 4.58. The number of carbonyl (C=O) groups excluding carboxylic acids is 1. The summed E-state index contributed by atoms with van der Waals surface area (Å²) in [7, 11) is 0. The van der Waals surface area contributed by atoms with Crippen molar-refractivity contribution in [2.24, 2.45) is 4.99 Å². The Morgan fingerprint density at radius 1 is 1.38 bits per heavy atom. The van der Waals surface area contributed by atoms with Crippen molar-refractivity contribution in [2.75, 3.05) is 11.9 Å². The van der Waals surface area contributed by atoms with Gasteiger partial charge in [0.1, 0.15) is 0 Å². The molecule has 1 N–H and O–H groups in total. The SMILES string of the molecule is Cc1ccc(NC(=O)N(C2=NC[C@H](C)S2)C(C)C)cc1C. The Balaban J connectivity index is 2.14. The van der Waals surface area contributed by atoms with E-state index in [2.05, 4.69) is 24.2 Å². The van der Waals surface area contributed by atoms with Crippen molar-refractivity contribution in [3.05, 3.63) is 29.3 Å². The summed E-state index contributed by atoms with van der Waals surface area (Å²) in [6.07, 6.45) is 0. The molecule has 1 aliphatic rings. The lowest BCUT2D eigenvalue weighted by atomic mass is 10.1. The average Bonchev–Trinajstić information content (AvgIpc) is 2.80. The average molecular weight is 305 g/mol. The van der Waals surface area contributed by atoms with Crippen molar-refractivity contribution in [3.8, 4) is 0 Å². The minimum atomic E-state index is -0.117. The van der Waals surface area contributed by atoms with Crippen LogP contribution >= 0.6 is 11.8 Å². The minimum absolute atomic E-state index is 0.0769. The molecule has 0 unspecified atom stereocenters. The molecule has 0 saturated heterocycles. The molecule has 0 aromatic heterocycles. The number of amidine groups is 1. The summed E-state index contributed by atoms with van der Waals surface area (Å²) in [4.78, 5) is 18.8. The maximum absolute atomic E-state index is 12.6. The van der Waals surface area contributed by atoms with E-state index in [1.54, 1.807) is 16.7 Å². The number of nitrogens with zero attached hydrogens (tertiary/aromatic N) is 2. The first kappa shape index (κ1) is 15.9. The highest BCUT2D eigenvalue weighted by Crippen LogP contribution is 2.25. The van der Waals surface area contributed by atoms with Crippen LogP contribution in [-0.2, 0) is 0 Å². The van der Waals surface area contributed by atoms with Crippen molar-refractivity contribution in [2.45, 2.75) is 45.9 Å². The van der Waals surface area contributed by atoms with Crippen LogP contribution in [0.15, 0.2) is 23.2 Å². The Morgan fingerprint density at radius 3 is 2.62 bits per heavy atom. The molecular formula is C16H23N3OS. The quantitative estimate of drug-likeness (QED) is 0.896. The van der Waals surface area contributed by atoms with Gasteiger partial charge in [-0.15, -0.1) is 0 Å². The van der Waals surface area contributed by atoms with Crippen LogP contribution in [0.3, 0.4) is 0 Å². The number of rotatable bonds is 2. The zero-order valence-corrected chi connectivity index (χ0v) is 14.1. The number of hydrogen-bond acceptors (Lipinski definition) is 3. The second kappa shape index (κ2) is 6.52. The summed E-state index contributed by atoms with van der Waals surface area (Å²) in [5.74, 6) is 0. The van der Waals surface area contributed by atoms with Gasteiger partial charge in [-0.3, -0.25) is 9.89 Å². The molecular weight excluding hydrogens is 282 g/mol. The van der Waals surface area contributed by atoms with Gasteiger partial charge in [0, 0.05) is 17.0 Å². The van der Waals surface area contributed by atoms with E-state index >= 15 is 0 Å². The van der Waals surface area contributed by atoms with Gasteiger partial charge in [0.05, 0.1) is 6.54 Å². The van der Waals surface area contributed by atoms with Gasteiger partial charge in [-0.05, 0) is 51.0 Å². The number of aryl methyl sites for hydroxylation is 2. The number of amides is 2. The molecule has 0 bridgehead atoms. The largest absolute Gasteiger partial charge is 0.328 e. The van der Waals surface area contributed by atoms with Crippen LogP contribution in [0, 0.1) is 13.8 Å². The third kappa shape index (κ3) is 3.79. The smallest absolute Gasteiger partial charge is 0.307 e. The fourth-order valence-corrected chi connectivity index (χ4v) is 3.20. The molecule has 21 heavy (non-hydrogen) atoms. The Labute approximate surface area is 131 Å². The van der Waals surface area contributed by atoms with Gasteiger partial charge in [-0.1, -0.05) is 24.8 Å². The Bertz CT molecular complexity index is 569. The standard InChI is InChI=1S/C16H23N3OS/c1-10(2)19(16-17-9-13(5)21-16)15(20)18-14-7-6-11(3)12(4)8-14/h6-8,10,13H,9H2,1-5H3,(H,18,20)/t13-/m0/s1. The molecule has 0 aliphatic carbocycles. The fraction of sp³-hybridized carbons (Fsp3) is 0.500. The number of thioether (sulfide) groups is 1. The monoisotopic (exact) mass is 305 g/mol. The Morgan fingerprint density at radius 2 is 2.10 bits per heavy atom. The highest BCUT2D eigenvalue weighted by atomic mass is 32.2. The van der Waals surface area contributed by atoms with Crippen LogP contribution in [-0.4, -0.2) is 33.9 Å². The van der Waals surface area contributed by atoms with Crippen LogP contribution in [0.5, 0.6) is 0 Å². The highest BCUT2D eigenvalue weighted by Gasteiger charge is 2.27. The van der Waals surface area contributed by atoms with E-state index in [-0.39, 0.29) is 12.1 Å². The molecule has 5 heteroatoms. The van der Waals surface area contributed by atoms with Crippen LogP contribution in [0.1, 0.15) is 31.9 Å². The molecule has 0 fully saturated rings. The van der Waals surface area contributed by atoms with E-state index in [1.165, 1.54) is 11.1 Å². The molecule has 1 aromatic rings. The first-order valence-electron chi connectivity index (χ1n) is 7.27. The lowest BCUT2D eigenvalue weighted by molar-refractivity contribution is 0.227. The molecule has 0 spiro atoms. The van der Waals surface area contributed by atoms with Gasteiger partial charge in [0.2, 0.25) is 0 Å². The lowest BCUT2D eigenvalue weighted by Gasteiger charge is -2.26. The minimum Gasteiger partial charge on any atom is -0.307 e. The number of urea groups is 1. The van der Waals surface area contributed by atoms with Crippen molar-refractivity contribution in [1.29, 1.82) is 0 Å². The van der Waals surface area contributed by atoms with Crippen LogP contribution < -0.4 is 5.32 Å². The van der Waals surface area contributed by atoms with E-state index in [9.17, 15) is 4.79 Å². The summed E-state index contributed by atoms with van der Waals surface area (Å²) in [6.45, 7) is 11.0. The van der Waals surface area contributed by atoms with Gasteiger partial charge in [0.25, 0.3) is 0 Å². The zero-order chi connectivity index (χ0) is 15.6. The molecule has 1 heterocycles. The summed E-state index contributed by atoms with van der Waals surface area (Å²) in [5, 5.41) is 4.23. The number of carbonyl (C=O) groups is 1. The summed E-state index contributed by atoms with van der Waals surface area (Å²) < 4.78 is 0. The van der Waals surface area contributed by atoms with Crippen molar-refractivity contribution < 1.29 is 4.79 Å². The number of hydrogen-bond donors (Lipinski definition) is 1. The van der Waals surface area contributed by atoms with Gasteiger partial charge in [0.15, 0.2) is 5.17 Å². The molecule has 1 aromatic carbocycles. The predicted octanol–water partition coefficient (Wildman–Crippen LogP) is 4.04. The lowest BCUT2D eigenvalue weighted by Crippen LogP contribution is -2.42. The van der Waals surface area contributed by atoms with E-state index in [0.29, 0.717) is 5.25 Å². The third-order valence-electron chi connectivity index (χ3n) is 3.49. The second-order valence-electron chi connectivity index (χ2n) is 5.74. The highest BCUT2D eigenvalue weighted by molar-refractivity contribution is 8.14. The topological polar surface area (TPSA) is 44.7 Å². The maximum Gasteiger partial charge on any atom is 0.328 e. The number of aliphatic imine (C=N–C) groups is 1. The predicted molar refractivity (Wildman–Crippen MR) is 91.3 cm³/mol. The van der Waals surface area contributed by atoms with Gasteiger partial charge < -0.3 is 5.32 Å². The van der Waals surface area contributed by atoms with E-state index in [0.717, 1.165) is 17.4 Å². The second-order valence-corrected chi connectivity index (χ2v) is 7.15. The molecule has 0 radical (unpaired) electrons.